The molecular weight excluding hydrogens is 392 g/mol. The van der Waals surface area contributed by atoms with Gasteiger partial charge >= 0.3 is 0 Å². The lowest BCUT2D eigenvalue weighted by Crippen LogP contribution is -2.49. The Hall–Kier alpha value is -2.78. The second-order valence-corrected chi connectivity index (χ2v) is 8.13. The van der Waals surface area contributed by atoms with Crippen molar-refractivity contribution in [3.05, 3.63) is 29.6 Å². The van der Waals surface area contributed by atoms with Crippen molar-refractivity contribution in [1.82, 2.24) is 30.0 Å². The van der Waals surface area contributed by atoms with Crippen LogP contribution in [0, 0.1) is 13.8 Å². The monoisotopic (exact) mass is 424 g/mol. The lowest BCUT2D eigenvalue weighted by molar-refractivity contribution is 0.125. The Morgan fingerprint density at radius 3 is 2.90 bits per heavy atom. The molecule has 1 atom stereocenters. The van der Waals surface area contributed by atoms with Crippen molar-refractivity contribution in [1.29, 1.82) is 0 Å². The van der Waals surface area contributed by atoms with Gasteiger partial charge in [-0.2, -0.15) is 10.1 Å². The van der Waals surface area contributed by atoms with Crippen molar-refractivity contribution in [3.8, 4) is 0 Å². The van der Waals surface area contributed by atoms with E-state index in [1.165, 1.54) is 0 Å². The van der Waals surface area contributed by atoms with Gasteiger partial charge in [0.15, 0.2) is 5.82 Å². The molecule has 1 aliphatic rings. The quantitative estimate of drug-likeness (QED) is 0.533. The fourth-order valence-electron chi connectivity index (χ4n) is 3.85. The predicted octanol–water partition coefficient (Wildman–Crippen LogP) is 2.81. The molecule has 1 saturated heterocycles. The van der Waals surface area contributed by atoms with Crippen molar-refractivity contribution in [2.24, 2.45) is 0 Å². The van der Waals surface area contributed by atoms with E-state index in [-0.39, 0.29) is 0 Å². The molecular formula is C22H32N8O. The zero-order valence-electron chi connectivity index (χ0n) is 18.9. The van der Waals surface area contributed by atoms with Gasteiger partial charge in [0.25, 0.3) is 0 Å². The molecule has 0 amide bonds. The van der Waals surface area contributed by atoms with Gasteiger partial charge in [-0.15, -0.1) is 0 Å². The molecule has 2 N–H and O–H groups in total. The molecule has 1 aliphatic heterocycles. The third-order valence-corrected chi connectivity index (χ3v) is 5.35. The molecule has 31 heavy (non-hydrogen) atoms. The smallest absolute Gasteiger partial charge is 0.228 e. The molecule has 0 bridgehead atoms. The highest BCUT2D eigenvalue weighted by Gasteiger charge is 2.23. The molecule has 0 aromatic carbocycles. The number of ether oxygens (including phenoxy) is 1. The van der Waals surface area contributed by atoms with Gasteiger partial charge in [-0.05, 0) is 44.9 Å². The molecule has 4 heterocycles. The maximum absolute atomic E-state index is 5.70. The Bertz CT molecular complexity index is 1030. The van der Waals surface area contributed by atoms with E-state index in [4.69, 9.17) is 19.8 Å². The number of rotatable bonds is 8. The SMILES string of the molecule is CCCOCCn1nc(C)c2nc(N3CCN[C@H](C)C3)nc(Nc3cc(C)ccn3)c21. The summed E-state index contributed by atoms with van der Waals surface area (Å²) >= 11 is 0. The van der Waals surface area contributed by atoms with E-state index in [9.17, 15) is 0 Å². The number of aromatic nitrogens is 5. The molecule has 0 radical (unpaired) electrons. The second kappa shape index (κ2) is 9.57. The van der Waals surface area contributed by atoms with Crippen molar-refractivity contribution in [2.45, 2.75) is 46.7 Å². The number of piperazine rings is 1. The molecule has 9 heteroatoms. The van der Waals surface area contributed by atoms with Crippen LogP contribution in [0.3, 0.4) is 0 Å². The summed E-state index contributed by atoms with van der Waals surface area (Å²) < 4.78 is 7.65. The van der Waals surface area contributed by atoms with Crippen LogP contribution in [-0.4, -0.2) is 63.6 Å². The minimum atomic E-state index is 0.391. The van der Waals surface area contributed by atoms with Crippen LogP contribution >= 0.6 is 0 Å². The molecule has 3 aromatic rings. The van der Waals surface area contributed by atoms with Gasteiger partial charge < -0.3 is 20.3 Å². The minimum Gasteiger partial charge on any atom is -0.380 e. The first-order valence-electron chi connectivity index (χ1n) is 11.1. The Morgan fingerprint density at radius 1 is 1.26 bits per heavy atom. The van der Waals surface area contributed by atoms with Crippen LogP contribution in [-0.2, 0) is 11.3 Å². The fourth-order valence-corrected chi connectivity index (χ4v) is 3.85. The normalized spacial score (nSPS) is 16.8. The van der Waals surface area contributed by atoms with Crippen molar-refractivity contribution >= 4 is 28.6 Å². The molecule has 0 spiro atoms. The van der Waals surface area contributed by atoms with Gasteiger partial charge in [0.05, 0.1) is 18.8 Å². The summed E-state index contributed by atoms with van der Waals surface area (Å²) in [6.07, 6.45) is 2.80. The Morgan fingerprint density at radius 2 is 2.13 bits per heavy atom. The highest BCUT2D eigenvalue weighted by atomic mass is 16.5. The van der Waals surface area contributed by atoms with E-state index in [2.05, 4.69) is 41.3 Å². The Balaban J connectivity index is 1.75. The van der Waals surface area contributed by atoms with Crippen LogP contribution in [0.2, 0.25) is 0 Å². The highest BCUT2D eigenvalue weighted by Crippen LogP contribution is 2.28. The predicted molar refractivity (Wildman–Crippen MR) is 123 cm³/mol. The summed E-state index contributed by atoms with van der Waals surface area (Å²) in [7, 11) is 0. The first-order valence-corrected chi connectivity index (χ1v) is 11.1. The average molecular weight is 425 g/mol. The molecule has 0 unspecified atom stereocenters. The van der Waals surface area contributed by atoms with Gasteiger partial charge in [-0.1, -0.05) is 6.92 Å². The van der Waals surface area contributed by atoms with Gasteiger partial charge in [0.2, 0.25) is 5.95 Å². The molecule has 3 aromatic heterocycles. The van der Waals surface area contributed by atoms with Crippen LogP contribution in [0.15, 0.2) is 18.3 Å². The molecule has 0 aliphatic carbocycles. The van der Waals surface area contributed by atoms with Crippen LogP contribution in [0.25, 0.3) is 11.0 Å². The summed E-state index contributed by atoms with van der Waals surface area (Å²) in [6.45, 7) is 13.0. The number of anilines is 3. The van der Waals surface area contributed by atoms with Gasteiger partial charge in [-0.3, -0.25) is 4.68 Å². The summed E-state index contributed by atoms with van der Waals surface area (Å²) in [5.74, 6) is 2.20. The van der Waals surface area contributed by atoms with E-state index in [0.29, 0.717) is 19.2 Å². The number of hydrogen-bond donors (Lipinski definition) is 2. The lowest BCUT2D eigenvalue weighted by atomic mass is 10.2. The third kappa shape index (κ3) is 4.94. The zero-order valence-corrected chi connectivity index (χ0v) is 18.9. The van der Waals surface area contributed by atoms with Crippen molar-refractivity contribution in [3.63, 3.8) is 0 Å². The highest BCUT2D eigenvalue weighted by molar-refractivity contribution is 5.90. The van der Waals surface area contributed by atoms with Crippen LogP contribution in [0.5, 0.6) is 0 Å². The Labute approximate surface area is 183 Å². The summed E-state index contributed by atoms with van der Waals surface area (Å²) in [5, 5.41) is 11.7. The third-order valence-electron chi connectivity index (χ3n) is 5.35. The van der Waals surface area contributed by atoms with E-state index < -0.39 is 0 Å². The average Bonchev–Trinajstić information content (AvgIpc) is 3.07. The molecule has 9 nitrogen and oxygen atoms in total. The van der Waals surface area contributed by atoms with Gasteiger partial charge in [-0.25, -0.2) is 9.97 Å². The van der Waals surface area contributed by atoms with E-state index in [0.717, 1.165) is 72.5 Å². The van der Waals surface area contributed by atoms with E-state index >= 15 is 0 Å². The Kier molecular flexibility index (Phi) is 6.62. The topological polar surface area (TPSA) is 93.0 Å². The zero-order chi connectivity index (χ0) is 21.8. The number of aryl methyl sites for hydroxylation is 2. The molecule has 4 rings (SSSR count). The second-order valence-electron chi connectivity index (χ2n) is 8.13. The van der Waals surface area contributed by atoms with Gasteiger partial charge in [0.1, 0.15) is 16.9 Å². The summed E-state index contributed by atoms with van der Waals surface area (Å²) in [6, 6.07) is 4.38. The maximum atomic E-state index is 5.70. The first-order chi connectivity index (χ1) is 15.0. The number of hydrogen-bond acceptors (Lipinski definition) is 8. The number of nitrogens with zero attached hydrogens (tertiary/aromatic N) is 6. The fraction of sp³-hybridized carbons (Fsp3) is 0.545. The standard InChI is InChI=1S/C22H32N8O/c1-5-11-31-12-10-30-20-19(17(4)28-30)26-22(29-9-8-23-16(3)14-29)27-21(20)25-18-13-15(2)6-7-24-18/h6-7,13,16,23H,5,8-12,14H2,1-4H3,(H,24,25,26,27)/t16-/m1/s1. The molecule has 166 valence electrons. The van der Waals surface area contributed by atoms with Crippen LogP contribution in [0.4, 0.5) is 17.6 Å². The first kappa shape index (κ1) is 21.5. The van der Waals surface area contributed by atoms with E-state index in [1.54, 1.807) is 6.20 Å². The largest absolute Gasteiger partial charge is 0.380 e. The number of pyridine rings is 1. The molecule has 1 fully saturated rings. The van der Waals surface area contributed by atoms with Crippen molar-refractivity contribution in [2.75, 3.05) is 43.1 Å². The van der Waals surface area contributed by atoms with Crippen molar-refractivity contribution < 1.29 is 4.74 Å². The van der Waals surface area contributed by atoms with Crippen LogP contribution < -0.4 is 15.5 Å². The number of fused-ring (bicyclic) bond motifs is 1. The van der Waals surface area contributed by atoms with E-state index in [1.807, 2.05) is 23.7 Å². The minimum absolute atomic E-state index is 0.391. The number of nitrogens with one attached hydrogen (secondary N) is 2. The summed E-state index contributed by atoms with van der Waals surface area (Å²) in [5.41, 5.74) is 3.77. The maximum Gasteiger partial charge on any atom is 0.228 e. The van der Waals surface area contributed by atoms with Crippen LogP contribution in [0.1, 0.15) is 31.5 Å². The lowest BCUT2D eigenvalue weighted by Gasteiger charge is -2.32. The van der Waals surface area contributed by atoms with Gasteiger partial charge in [0, 0.05) is 38.5 Å². The molecule has 0 saturated carbocycles. The summed E-state index contributed by atoms with van der Waals surface area (Å²) in [4.78, 5) is 16.6.